The zero-order valence-electron chi connectivity index (χ0n) is 10.4. The molecule has 17 heavy (non-hydrogen) atoms. The van der Waals surface area contributed by atoms with Crippen molar-refractivity contribution in [3.05, 3.63) is 0 Å². The van der Waals surface area contributed by atoms with Gasteiger partial charge in [-0.1, -0.05) is 0 Å². The standard InChI is InChI=1S/C9H19NO6S/c1-7(9(15-3)16-4)10-17(12,13)6-5-8(11)14-2/h7,9-10H,5-6H2,1-4H3. The molecule has 0 aromatic heterocycles. The number of hydrogen-bond donors (Lipinski definition) is 1. The molecular formula is C9H19NO6S. The van der Waals surface area contributed by atoms with E-state index in [1.165, 1.54) is 21.3 Å². The van der Waals surface area contributed by atoms with Gasteiger partial charge in [-0.25, -0.2) is 13.1 Å². The minimum Gasteiger partial charge on any atom is -0.469 e. The summed E-state index contributed by atoms with van der Waals surface area (Å²) >= 11 is 0. The number of methoxy groups -OCH3 is 3. The molecule has 0 rings (SSSR count). The highest BCUT2D eigenvalue weighted by Crippen LogP contribution is 2.02. The summed E-state index contributed by atoms with van der Waals surface area (Å²) in [5, 5.41) is 0. The summed E-state index contributed by atoms with van der Waals surface area (Å²) in [6.45, 7) is 1.60. The minimum absolute atomic E-state index is 0.191. The van der Waals surface area contributed by atoms with Gasteiger partial charge in [-0.05, 0) is 6.92 Å². The first kappa shape index (κ1) is 16.3. The predicted molar refractivity (Wildman–Crippen MR) is 60.8 cm³/mol. The van der Waals surface area contributed by atoms with Gasteiger partial charge >= 0.3 is 5.97 Å². The molecule has 0 spiro atoms. The topological polar surface area (TPSA) is 90.9 Å². The molecule has 102 valence electrons. The van der Waals surface area contributed by atoms with Crippen LogP contribution in [-0.4, -0.2) is 53.8 Å². The summed E-state index contributed by atoms with van der Waals surface area (Å²) in [5.41, 5.74) is 0. The Kier molecular flexibility index (Phi) is 7.28. The lowest BCUT2D eigenvalue weighted by Crippen LogP contribution is -2.44. The van der Waals surface area contributed by atoms with Crippen molar-refractivity contribution >= 4 is 16.0 Å². The number of ether oxygens (including phenoxy) is 3. The van der Waals surface area contributed by atoms with Crippen molar-refractivity contribution in [3.63, 3.8) is 0 Å². The molecular weight excluding hydrogens is 250 g/mol. The van der Waals surface area contributed by atoms with E-state index in [2.05, 4.69) is 9.46 Å². The second kappa shape index (κ2) is 7.59. The number of carbonyl (C=O) groups is 1. The van der Waals surface area contributed by atoms with E-state index in [4.69, 9.17) is 9.47 Å². The smallest absolute Gasteiger partial charge is 0.306 e. The van der Waals surface area contributed by atoms with Crippen LogP contribution in [0, 0.1) is 0 Å². The third-order valence-corrected chi connectivity index (χ3v) is 3.51. The van der Waals surface area contributed by atoms with Crippen LogP contribution >= 0.6 is 0 Å². The highest BCUT2D eigenvalue weighted by Gasteiger charge is 2.22. The third-order valence-electron chi connectivity index (χ3n) is 2.04. The van der Waals surface area contributed by atoms with Gasteiger partial charge in [0.25, 0.3) is 0 Å². The largest absolute Gasteiger partial charge is 0.469 e. The summed E-state index contributed by atoms with van der Waals surface area (Å²) in [6, 6.07) is -0.548. The summed E-state index contributed by atoms with van der Waals surface area (Å²) in [5.74, 6) is -0.900. The number of rotatable bonds is 8. The van der Waals surface area contributed by atoms with Crippen LogP contribution in [0.4, 0.5) is 0 Å². The molecule has 1 atom stereocenters. The van der Waals surface area contributed by atoms with Gasteiger partial charge in [0, 0.05) is 14.2 Å². The number of hydrogen-bond acceptors (Lipinski definition) is 6. The molecule has 0 saturated carbocycles. The lowest BCUT2D eigenvalue weighted by molar-refractivity contribution is -0.140. The molecule has 0 bridgehead atoms. The molecule has 1 N–H and O–H groups in total. The number of sulfonamides is 1. The van der Waals surface area contributed by atoms with E-state index in [1.807, 2.05) is 0 Å². The molecule has 0 aliphatic heterocycles. The maximum Gasteiger partial charge on any atom is 0.306 e. The summed E-state index contributed by atoms with van der Waals surface area (Å²) < 4.78 is 39.7. The third kappa shape index (κ3) is 6.57. The van der Waals surface area contributed by atoms with Crippen LogP contribution in [0.5, 0.6) is 0 Å². The first-order chi connectivity index (χ1) is 7.86. The Morgan fingerprint density at radius 3 is 2.18 bits per heavy atom. The van der Waals surface area contributed by atoms with Crippen molar-refractivity contribution in [2.24, 2.45) is 0 Å². The Bertz CT molecular complexity index is 324. The van der Waals surface area contributed by atoms with Gasteiger partial charge < -0.3 is 14.2 Å². The van der Waals surface area contributed by atoms with E-state index in [0.717, 1.165) is 0 Å². The molecule has 0 fully saturated rings. The molecule has 0 amide bonds. The zero-order valence-corrected chi connectivity index (χ0v) is 11.2. The summed E-state index contributed by atoms with van der Waals surface area (Å²) in [7, 11) is 0.463. The maximum absolute atomic E-state index is 11.6. The van der Waals surface area contributed by atoms with Gasteiger partial charge in [-0.3, -0.25) is 4.79 Å². The van der Waals surface area contributed by atoms with Gasteiger partial charge in [0.15, 0.2) is 6.29 Å². The van der Waals surface area contributed by atoms with E-state index in [-0.39, 0.29) is 12.2 Å². The lowest BCUT2D eigenvalue weighted by atomic mass is 10.3. The lowest BCUT2D eigenvalue weighted by Gasteiger charge is -2.21. The van der Waals surface area contributed by atoms with E-state index < -0.39 is 28.3 Å². The molecule has 0 radical (unpaired) electrons. The molecule has 0 aliphatic carbocycles. The minimum atomic E-state index is -3.56. The fourth-order valence-corrected chi connectivity index (χ4v) is 2.45. The van der Waals surface area contributed by atoms with E-state index in [9.17, 15) is 13.2 Å². The molecule has 0 aromatic carbocycles. The van der Waals surface area contributed by atoms with Crippen molar-refractivity contribution < 1.29 is 27.4 Å². The number of nitrogens with one attached hydrogen (secondary N) is 1. The van der Waals surface area contributed by atoms with Gasteiger partial charge in [-0.2, -0.15) is 0 Å². The van der Waals surface area contributed by atoms with Crippen LogP contribution in [0.1, 0.15) is 13.3 Å². The van der Waals surface area contributed by atoms with Gasteiger partial charge in [0.2, 0.25) is 10.0 Å². The number of esters is 1. The van der Waals surface area contributed by atoms with Gasteiger partial charge in [0.1, 0.15) is 0 Å². The Balaban J connectivity index is 4.29. The van der Waals surface area contributed by atoms with Crippen molar-refractivity contribution in [2.75, 3.05) is 27.1 Å². The average molecular weight is 269 g/mol. The van der Waals surface area contributed by atoms with Crippen LogP contribution in [-0.2, 0) is 29.0 Å². The van der Waals surface area contributed by atoms with Crippen LogP contribution in [0.3, 0.4) is 0 Å². The van der Waals surface area contributed by atoms with Crippen LogP contribution in [0.2, 0.25) is 0 Å². The molecule has 7 nitrogen and oxygen atoms in total. The normalized spacial score (nSPS) is 13.7. The molecule has 0 aromatic rings. The molecule has 8 heteroatoms. The average Bonchev–Trinajstić information content (AvgIpc) is 2.27. The monoisotopic (exact) mass is 269 g/mol. The fourth-order valence-electron chi connectivity index (χ4n) is 1.22. The SMILES string of the molecule is COC(=O)CCS(=O)(=O)NC(C)C(OC)OC. The molecule has 0 saturated heterocycles. The highest BCUT2D eigenvalue weighted by atomic mass is 32.2. The second-order valence-corrected chi connectivity index (χ2v) is 5.26. The van der Waals surface area contributed by atoms with Crippen LogP contribution < -0.4 is 4.72 Å². The molecule has 1 unspecified atom stereocenters. The Hall–Kier alpha value is -0.700. The van der Waals surface area contributed by atoms with E-state index in [0.29, 0.717) is 0 Å². The Morgan fingerprint density at radius 1 is 1.24 bits per heavy atom. The first-order valence-electron chi connectivity index (χ1n) is 4.98. The van der Waals surface area contributed by atoms with Crippen molar-refractivity contribution in [2.45, 2.75) is 25.7 Å². The van der Waals surface area contributed by atoms with Crippen molar-refractivity contribution in [1.29, 1.82) is 0 Å². The quantitative estimate of drug-likeness (QED) is 0.471. The van der Waals surface area contributed by atoms with E-state index in [1.54, 1.807) is 6.92 Å². The zero-order chi connectivity index (χ0) is 13.5. The summed E-state index contributed by atoms with van der Waals surface area (Å²) in [6.07, 6.45) is -0.869. The van der Waals surface area contributed by atoms with Gasteiger partial charge in [0.05, 0.1) is 25.3 Å². The maximum atomic E-state index is 11.6. The van der Waals surface area contributed by atoms with Crippen molar-refractivity contribution in [1.82, 2.24) is 4.72 Å². The highest BCUT2D eigenvalue weighted by molar-refractivity contribution is 7.89. The van der Waals surface area contributed by atoms with Crippen LogP contribution in [0.25, 0.3) is 0 Å². The second-order valence-electron chi connectivity index (χ2n) is 3.39. The predicted octanol–water partition coefficient (Wildman–Crippen LogP) is -0.524. The Morgan fingerprint density at radius 2 is 1.76 bits per heavy atom. The first-order valence-corrected chi connectivity index (χ1v) is 6.64. The molecule has 0 aliphatic rings. The van der Waals surface area contributed by atoms with Crippen molar-refractivity contribution in [3.8, 4) is 0 Å². The number of carbonyl (C=O) groups excluding carboxylic acids is 1. The summed E-state index contributed by atoms with van der Waals surface area (Å²) in [4.78, 5) is 10.8. The Labute approximate surface area is 101 Å². The fraction of sp³-hybridized carbons (Fsp3) is 0.889. The molecule has 0 heterocycles. The van der Waals surface area contributed by atoms with E-state index >= 15 is 0 Å². The van der Waals surface area contributed by atoms with Gasteiger partial charge in [-0.15, -0.1) is 0 Å². The van der Waals surface area contributed by atoms with Crippen LogP contribution in [0.15, 0.2) is 0 Å².